The Morgan fingerprint density at radius 3 is 2.94 bits per heavy atom. The maximum atomic E-state index is 11.3. The molecular weight excluding hydrogens is 226 g/mol. The Morgan fingerprint density at radius 2 is 2.38 bits per heavy atom. The number of hydrogen-bond acceptors (Lipinski definition) is 4. The van der Waals surface area contributed by atoms with Crippen LogP contribution in [0.15, 0.2) is 23.0 Å². The molecule has 1 aromatic rings. The summed E-state index contributed by atoms with van der Waals surface area (Å²) in [5, 5.41) is 0. The van der Waals surface area contributed by atoms with E-state index >= 15 is 0 Å². The minimum Gasteiger partial charge on any atom is -0.472 e. The molecule has 2 atom stereocenters. The van der Waals surface area contributed by atoms with Crippen molar-refractivity contribution in [1.29, 1.82) is 0 Å². The van der Waals surface area contributed by atoms with E-state index in [2.05, 4.69) is 0 Å². The maximum absolute atomic E-state index is 11.3. The van der Waals surface area contributed by atoms with Crippen LogP contribution in [0.1, 0.15) is 18.4 Å². The van der Waals surface area contributed by atoms with Gasteiger partial charge in [0.15, 0.2) is 9.84 Å². The fourth-order valence-electron chi connectivity index (χ4n) is 2.28. The van der Waals surface area contributed by atoms with Crippen molar-refractivity contribution >= 4 is 9.84 Å². The van der Waals surface area contributed by atoms with Crippen molar-refractivity contribution in [3.63, 3.8) is 0 Å². The molecule has 1 aliphatic rings. The molecule has 1 saturated heterocycles. The summed E-state index contributed by atoms with van der Waals surface area (Å²) in [4.78, 5) is 0. The Bertz CT molecular complexity index is 424. The molecule has 0 spiro atoms. The zero-order valence-electron chi connectivity index (χ0n) is 9.13. The van der Waals surface area contributed by atoms with E-state index in [9.17, 15) is 8.42 Å². The van der Waals surface area contributed by atoms with E-state index in [1.165, 1.54) is 0 Å². The van der Waals surface area contributed by atoms with Gasteiger partial charge in [0.1, 0.15) is 0 Å². The normalized spacial score (nSPS) is 25.7. The Hall–Kier alpha value is -0.810. The lowest BCUT2D eigenvalue weighted by atomic mass is 9.96. The highest BCUT2D eigenvalue weighted by atomic mass is 32.2. The lowest BCUT2D eigenvalue weighted by molar-refractivity contribution is 0.466. The van der Waals surface area contributed by atoms with Gasteiger partial charge < -0.3 is 10.2 Å². The summed E-state index contributed by atoms with van der Waals surface area (Å²) in [5.41, 5.74) is 7.07. The first-order valence-corrected chi connectivity index (χ1v) is 7.34. The molecule has 2 rings (SSSR count). The molecule has 2 heterocycles. The molecule has 90 valence electrons. The van der Waals surface area contributed by atoms with Gasteiger partial charge in [-0.1, -0.05) is 0 Å². The molecule has 1 fully saturated rings. The lowest BCUT2D eigenvalue weighted by Crippen LogP contribution is -2.26. The number of hydrogen-bond donors (Lipinski definition) is 1. The molecule has 0 bridgehead atoms. The second-order valence-electron chi connectivity index (χ2n) is 4.60. The number of rotatable bonds is 4. The maximum Gasteiger partial charge on any atom is 0.150 e. The summed E-state index contributed by atoms with van der Waals surface area (Å²) in [7, 11) is -2.78. The third-order valence-electron chi connectivity index (χ3n) is 3.04. The predicted molar refractivity (Wildman–Crippen MR) is 61.8 cm³/mol. The number of nitrogens with two attached hydrogens (primary N) is 1. The van der Waals surface area contributed by atoms with Crippen LogP contribution in [0, 0.1) is 5.92 Å². The predicted octanol–water partition coefficient (Wildman–Crippen LogP) is 0.974. The van der Waals surface area contributed by atoms with Crippen LogP contribution in [-0.2, 0) is 16.3 Å². The van der Waals surface area contributed by atoms with E-state index in [0.29, 0.717) is 11.5 Å². The molecule has 1 aliphatic heterocycles. The van der Waals surface area contributed by atoms with Crippen molar-refractivity contribution < 1.29 is 12.8 Å². The van der Waals surface area contributed by atoms with E-state index in [1.807, 2.05) is 6.07 Å². The van der Waals surface area contributed by atoms with E-state index in [-0.39, 0.29) is 12.0 Å². The number of furan rings is 1. The Kier molecular flexibility index (Phi) is 3.35. The summed E-state index contributed by atoms with van der Waals surface area (Å²) < 4.78 is 27.5. The zero-order chi connectivity index (χ0) is 11.6. The van der Waals surface area contributed by atoms with E-state index in [4.69, 9.17) is 10.2 Å². The van der Waals surface area contributed by atoms with Gasteiger partial charge in [-0.05, 0) is 36.8 Å². The van der Waals surface area contributed by atoms with Gasteiger partial charge in [-0.15, -0.1) is 0 Å². The van der Waals surface area contributed by atoms with Gasteiger partial charge in [0.05, 0.1) is 24.0 Å². The zero-order valence-corrected chi connectivity index (χ0v) is 9.95. The topological polar surface area (TPSA) is 73.3 Å². The monoisotopic (exact) mass is 243 g/mol. The fourth-order valence-corrected chi connectivity index (χ4v) is 4.16. The van der Waals surface area contributed by atoms with Crippen LogP contribution < -0.4 is 5.73 Å². The highest BCUT2D eigenvalue weighted by molar-refractivity contribution is 7.91. The van der Waals surface area contributed by atoms with Crippen molar-refractivity contribution in [2.45, 2.75) is 25.3 Å². The van der Waals surface area contributed by atoms with Gasteiger partial charge in [0.25, 0.3) is 0 Å². The molecule has 0 radical (unpaired) electrons. The minimum atomic E-state index is -2.78. The Labute approximate surface area is 95.7 Å². The van der Waals surface area contributed by atoms with Crippen LogP contribution in [0.2, 0.25) is 0 Å². The second-order valence-corrected chi connectivity index (χ2v) is 6.83. The molecule has 2 N–H and O–H groups in total. The lowest BCUT2D eigenvalue weighted by Gasteiger charge is -2.14. The van der Waals surface area contributed by atoms with Gasteiger partial charge in [0.2, 0.25) is 0 Å². The molecule has 5 heteroatoms. The van der Waals surface area contributed by atoms with Gasteiger partial charge in [-0.2, -0.15) is 0 Å². The van der Waals surface area contributed by atoms with Gasteiger partial charge in [0, 0.05) is 6.04 Å². The molecule has 0 saturated carbocycles. The van der Waals surface area contributed by atoms with Gasteiger partial charge >= 0.3 is 0 Å². The Morgan fingerprint density at radius 1 is 1.56 bits per heavy atom. The van der Waals surface area contributed by atoms with Gasteiger partial charge in [-0.25, -0.2) is 8.42 Å². The average molecular weight is 243 g/mol. The minimum absolute atomic E-state index is 0.0240. The van der Waals surface area contributed by atoms with Crippen molar-refractivity contribution in [3.8, 4) is 0 Å². The van der Waals surface area contributed by atoms with Crippen LogP contribution in [-0.4, -0.2) is 26.0 Å². The average Bonchev–Trinajstić information content (AvgIpc) is 2.76. The highest BCUT2D eigenvalue weighted by Crippen LogP contribution is 2.23. The molecule has 4 nitrogen and oxygen atoms in total. The summed E-state index contributed by atoms with van der Waals surface area (Å²) in [6.45, 7) is 0. The molecule has 0 aromatic carbocycles. The molecule has 16 heavy (non-hydrogen) atoms. The largest absolute Gasteiger partial charge is 0.472 e. The third-order valence-corrected chi connectivity index (χ3v) is 4.88. The summed E-state index contributed by atoms with van der Waals surface area (Å²) in [6.07, 6.45) is 5.62. The third kappa shape index (κ3) is 3.09. The fraction of sp³-hybridized carbons (Fsp3) is 0.636. The molecule has 1 aromatic heterocycles. The second kappa shape index (κ2) is 4.59. The molecular formula is C11H17NO3S. The van der Waals surface area contributed by atoms with Gasteiger partial charge in [-0.3, -0.25) is 0 Å². The first kappa shape index (κ1) is 11.7. The van der Waals surface area contributed by atoms with E-state index in [1.54, 1.807) is 12.5 Å². The smallest absolute Gasteiger partial charge is 0.150 e. The Balaban J connectivity index is 1.82. The SMILES string of the molecule is NC(Cc1ccoc1)CC1CCS(=O)(=O)C1. The van der Waals surface area contributed by atoms with Crippen LogP contribution in [0.5, 0.6) is 0 Å². The summed E-state index contributed by atoms with van der Waals surface area (Å²) in [5.74, 6) is 0.884. The van der Waals surface area contributed by atoms with Crippen LogP contribution >= 0.6 is 0 Å². The first-order chi connectivity index (χ1) is 7.55. The molecule has 0 amide bonds. The van der Waals surface area contributed by atoms with E-state index < -0.39 is 9.84 Å². The highest BCUT2D eigenvalue weighted by Gasteiger charge is 2.28. The van der Waals surface area contributed by atoms with Crippen LogP contribution in [0.4, 0.5) is 0 Å². The first-order valence-electron chi connectivity index (χ1n) is 5.52. The molecule has 0 aliphatic carbocycles. The molecule has 2 unspecified atom stereocenters. The summed E-state index contributed by atoms with van der Waals surface area (Å²) >= 11 is 0. The van der Waals surface area contributed by atoms with Crippen LogP contribution in [0.25, 0.3) is 0 Å². The van der Waals surface area contributed by atoms with Crippen molar-refractivity contribution in [1.82, 2.24) is 0 Å². The standard InChI is InChI=1S/C11H17NO3S/c12-11(5-9-1-3-15-7-9)6-10-2-4-16(13,14)8-10/h1,3,7,10-11H,2,4-6,8,12H2. The van der Waals surface area contributed by atoms with Crippen molar-refractivity contribution in [2.75, 3.05) is 11.5 Å². The van der Waals surface area contributed by atoms with Crippen LogP contribution in [0.3, 0.4) is 0 Å². The number of sulfone groups is 1. The van der Waals surface area contributed by atoms with Crippen molar-refractivity contribution in [3.05, 3.63) is 24.2 Å². The quantitative estimate of drug-likeness (QED) is 0.855. The van der Waals surface area contributed by atoms with Crippen molar-refractivity contribution in [2.24, 2.45) is 11.7 Å². The van der Waals surface area contributed by atoms with E-state index in [0.717, 1.165) is 24.8 Å². The summed E-state index contributed by atoms with van der Waals surface area (Å²) in [6, 6.07) is 1.92.